The standard InChI is InChI=1S/C22H22N2O4/c25-20(9-6-15-4-2-1-3-5-15)24-12-10-16(11-13-24)21(26)17-7-8-18-19(14-17)28-22(27)23-18/h1-5,7-8,14,16H,6,9-13H2,(H,23,27). The van der Waals surface area contributed by atoms with Gasteiger partial charge in [-0.25, -0.2) is 4.79 Å². The Hall–Kier alpha value is -3.15. The normalized spacial score (nSPS) is 15.1. The lowest BCUT2D eigenvalue weighted by atomic mass is 9.88. The number of hydrogen-bond acceptors (Lipinski definition) is 4. The van der Waals surface area contributed by atoms with Crippen molar-refractivity contribution in [3.05, 3.63) is 70.2 Å². The van der Waals surface area contributed by atoms with Gasteiger partial charge in [-0.2, -0.15) is 0 Å². The van der Waals surface area contributed by atoms with Gasteiger partial charge < -0.3 is 9.32 Å². The van der Waals surface area contributed by atoms with E-state index in [0.29, 0.717) is 49.0 Å². The first kappa shape index (κ1) is 18.2. The van der Waals surface area contributed by atoms with Crippen LogP contribution in [0.25, 0.3) is 11.1 Å². The Bertz CT molecular complexity index is 1040. The molecular formula is C22H22N2O4. The van der Waals surface area contributed by atoms with Crippen LogP contribution in [-0.2, 0) is 11.2 Å². The third-order valence-corrected chi connectivity index (χ3v) is 5.39. The van der Waals surface area contributed by atoms with Crippen molar-refractivity contribution in [1.82, 2.24) is 9.88 Å². The predicted molar refractivity (Wildman–Crippen MR) is 105 cm³/mol. The van der Waals surface area contributed by atoms with Gasteiger partial charge in [0.2, 0.25) is 5.91 Å². The molecule has 1 fully saturated rings. The third-order valence-electron chi connectivity index (χ3n) is 5.39. The van der Waals surface area contributed by atoms with Gasteiger partial charge in [-0.05, 0) is 43.0 Å². The Labute approximate surface area is 162 Å². The number of aromatic nitrogens is 1. The molecule has 1 N–H and O–H groups in total. The lowest BCUT2D eigenvalue weighted by Crippen LogP contribution is -2.40. The minimum Gasteiger partial charge on any atom is -0.408 e. The number of likely N-dealkylation sites (tertiary alicyclic amines) is 1. The lowest BCUT2D eigenvalue weighted by molar-refractivity contribution is -0.132. The fourth-order valence-corrected chi connectivity index (χ4v) is 3.78. The Kier molecular flexibility index (Phi) is 5.10. The van der Waals surface area contributed by atoms with E-state index < -0.39 is 5.76 Å². The molecule has 0 saturated carbocycles. The van der Waals surface area contributed by atoms with Crippen molar-refractivity contribution in [3.8, 4) is 0 Å². The third kappa shape index (κ3) is 3.91. The maximum Gasteiger partial charge on any atom is 0.417 e. The zero-order valence-corrected chi connectivity index (χ0v) is 15.5. The quantitative estimate of drug-likeness (QED) is 0.691. The molecule has 0 radical (unpaired) electrons. The number of aryl methyl sites for hydroxylation is 1. The highest BCUT2D eigenvalue weighted by Crippen LogP contribution is 2.24. The number of aromatic amines is 1. The number of fused-ring (bicyclic) bond motifs is 1. The lowest BCUT2D eigenvalue weighted by Gasteiger charge is -2.31. The zero-order valence-electron chi connectivity index (χ0n) is 15.5. The van der Waals surface area contributed by atoms with Crippen LogP contribution in [0, 0.1) is 5.92 Å². The number of piperidine rings is 1. The van der Waals surface area contributed by atoms with E-state index in [-0.39, 0.29) is 17.6 Å². The smallest absolute Gasteiger partial charge is 0.408 e. The van der Waals surface area contributed by atoms with Gasteiger partial charge in [-0.15, -0.1) is 0 Å². The first-order chi connectivity index (χ1) is 13.6. The Morgan fingerprint density at radius 1 is 1.07 bits per heavy atom. The molecule has 1 aromatic heterocycles. The van der Waals surface area contributed by atoms with Gasteiger partial charge >= 0.3 is 5.76 Å². The van der Waals surface area contributed by atoms with Crippen LogP contribution < -0.4 is 5.76 Å². The Balaban J connectivity index is 1.33. The van der Waals surface area contributed by atoms with Gasteiger partial charge in [0.15, 0.2) is 11.4 Å². The van der Waals surface area contributed by atoms with E-state index in [4.69, 9.17) is 4.42 Å². The largest absolute Gasteiger partial charge is 0.417 e. The molecule has 1 aliphatic heterocycles. The van der Waals surface area contributed by atoms with Gasteiger partial charge in [-0.1, -0.05) is 30.3 Å². The highest BCUT2D eigenvalue weighted by atomic mass is 16.4. The monoisotopic (exact) mass is 378 g/mol. The van der Waals surface area contributed by atoms with Crippen LogP contribution in [0.4, 0.5) is 0 Å². The SMILES string of the molecule is O=C(c1ccc2[nH]c(=O)oc2c1)C1CCN(C(=O)CCc2ccccc2)CC1. The average molecular weight is 378 g/mol. The molecule has 28 heavy (non-hydrogen) atoms. The van der Waals surface area contributed by atoms with Crippen molar-refractivity contribution in [1.29, 1.82) is 0 Å². The summed E-state index contributed by atoms with van der Waals surface area (Å²) in [5.41, 5.74) is 2.68. The second-order valence-electron chi connectivity index (χ2n) is 7.23. The number of oxazole rings is 1. The fourth-order valence-electron chi connectivity index (χ4n) is 3.78. The Morgan fingerprint density at radius 3 is 2.57 bits per heavy atom. The van der Waals surface area contributed by atoms with Crippen molar-refractivity contribution in [2.24, 2.45) is 5.92 Å². The number of rotatable bonds is 5. The van der Waals surface area contributed by atoms with Gasteiger partial charge in [-0.3, -0.25) is 14.6 Å². The molecule has 4 rings (SSSR count). The summed E-state index contributed by atoms with van der Waals surface area (Å²) in [4.78, 5) is 41.0. The van der Waals surface area contributed by atoms with Crippen LogP contribution in [0.1, 0.15) is 35.2 Å². The number of benzene rings is 2. The molecule has 6 nitrogen and oxygen atoms in total. The molecule has 144 valence electrons. The molecule has 1 amide bonds. The van der Waals surface area contributed by atoms with Crippen LogP contribution in [0.5, 0.6) is 0 Å². The number of carbonyl (C=O) groups is 2. The number of carbonyl (C=O) groups excluding carboxylic acids is 2. The van der Waals surface area contributed by atoms with Crippen molar-refractivity contribution in [3.63, 3.8) is 0 Å². The molecule has 0 bridgehead atoms. The van der Waals surface area contributed by atoms with E-state index in [0.717, 1.165) is 12.0 Å². The summed E-state index contributed by atoms with van der Waals surface area (Å²) in [7, 11) is 0. The molecular weight excluding hydrogens is 356 g/mol. The van der Waals surface area contributed by atoms with E-state index in [1.165, 1.54) is 0 Å². The summed E-state index contributed by atoms with van der Waals surface area (Å²) < 4.78 is 5.04. The highest BCUT2D eigenvalue weighted by molar-refractivity contribution is 6.00. The topological polar surface area (TPSA) is 83.4 Å². The van der Waals surface area contributed by atoms with Gasteiger partial charge in [0.05, 0.1) is 5.52 Å². The number of nitrogens with one attached hydrogen (secondary N) is 1. The van der Waals surface area contributed by atoms with Crippen LogP contribution >= 0.6 is 0 Å². The van der Waals surface area contributed by atoms with E-state index in [1.54, 1.807) is 18.2 Å². The van der Waals surface area contributed by atoms with E-state index in [2.05, 4.69) is 4.98 Å². The van der Waals surface area contributed by atoms with Gasteiger partial charge in [0.25, 0.3) is 0 Å². The summed E-state index contributed by atoms with van der Waals surface area (Å²) >= 11 is 0. The second kappa shape index (κ2) is 7.84. The molecule has 2 aromatic carbocycles. The molecule has 1 aliphatic rings. The number of amides is 1. The van der Waals surface area contributed by atoms with Gasteiger partial charge in [0, 0.05) is 31.0 Å². The minimum absolute atomic E-state index is 0.0436. The molecule has 0 spiro atoms. The number of ketones is 1. The van der Waals surface area contributed by atoms with Crippen molar-refractivity contribution < 1.29 is 14.0 Å². The zero-order chi connectivity index (χ0) is 19.5. The summed E-state index contributed by atoms with van der Waals surface area (Å²) in [5.74, 6) is -0.449. The van der Waals surface area contributed by atoms with Crippen LogP contribution in [0.2, 0.25) is 0 Å². The first-order valence-corrected chi connectivity index (χ1v) is 9.59. The first-order valence-electron chi connectivity index (χ1n) is 9.59. The van der Waals surface area contributed by atoms with Crippen LogP contribution in [-0.4, -0.2) is 34.7 Å². The summed E-state index contributed by atoms with van der Waals surface area (Å²) in [5, 5.41) is 0. The van der Waals surface area contributed by atoms with E-state index in [9.17, 15) is 14.4 Å². The summed E-state index contributed by atoms with van der Waals surface area (Å²) in [6.07, 6.45) is 2.54. The molecule has 0 atom stereocenters. The Morgan fingerprint density at radius 2 is 1.82 bits per heavy atom. The van der Waals surface area contributed by atoms with Crippen molar-refractivity contribution in [2.75, 3.05) is 13.1 Å². The molecule has 1 saturated heterocycles. The second-order valence-corrected chi connectivity index (χ2v) is 7.23. The number of H-pyrrole nitrogens is 1. The van der Waals surface area contributed by atoms with E-state index >= 15 is 0 Å². The molecule has 6 heteroatoms. The summed E-state index contributed by atoms with van der Waals surface area (Å²) in [6.45, 7) is 1.21. The van der Waals surface area contributed by atoms with Gasteiger partial charge in [0.1, 0.15) is 0 Å². The summed E-state index contributed by atoms with van der Waals surface area (Å²) in [6, 6.07) is 15.0. The van der Waals surface area contributed by atoms with E-state index in [1.807, 2.05) is 35.2 Å². The highest BCUT2D eigenvalue weighted by Gasteiger charge is 2.28. The van der Waals surface area contributed by atoms with Crippen molar-refractivity contribution in [2.45, 2.75) is 25.7 Å². The molecule has 0 aliphatic carbocycles. The molecule has 3 aromatic rings. The van der Waals surface area contributed by atoms with Crippen LogP contribution in [0.15, 0.2) is 57.7 Å². The number of hydrogen-bond donors (Lipinski definition) is 1. The number of nitrogens with zero attached hydrogens (tertiary/aromatic N) is 1. The molecule has 2 heterocycles. The predicted octanol–water partition coefficient (Wildman–Crippen LogP) is 3.18. The molecule has 0 unspecified atom stereocenters. The maximum atomic E-state index is 12.8. The van der Waals surface area contributed by atoms with Crippen molar-refractivity contribution >= 4 is 22.8 Å². The van der Waals surface area contributed by atoms with Crippen LogP contribution in [0.3, 0.4) is 0 Å². The maximum absolute atomic E-state index is 12.8. The minimum atomic E-state index is -0.526. The number of Topliss-reactive ketones (excluding diaryl/α,β-unsaturated/α-hetero) is 1. The fraction of sp³-hybridized carbons (Fsp3) is 0.318. The average Bonchev–Trinajstić information content (AvgIpc) is 3.11.